The van der Waals surface area contributed by atoms with Crippen molar-refractivity contribution in [2.75, 3.05) is 32.8 Å². The highest BCUT2D eigenvalue weighted by Gasteiger charge is 2.27. The van der Waals surface area contributed by atoms with E-state index in [-0.39, 0.29) is 6.09 Å². The van der Waals surface area contributed by atoms with Gasteiger partial charge < -0.3 is 19.7 Å². The topological polar surface area (TPSA) is 50.8 Å². The minimum absolute atomic E-state index is 0.198. The average molecular weight is 284 g/mol. The largest absolute Gasteiger partial charge is 0.444 e. The summed E-state index contributed by atoms with van der Waals surface area (Å²) in [6.07, 6.45) is 3.15. The van der Waals surface area contributed by atoms with Gasteiger partial charge in [-0.3, -0.25) is 0 Å². The van der Waals surface area contributed by atoms with Gasteiger partial charge in [-0.15, -0.1) is 0 Å². The summed E-state index contributed by atoms with van der Waals surface area (Å²) in [4.78, 5) is 13.7. The number of rotatable bonds is 3. The van der Waals surface area contributed by atoms with Crippen molar-refractivity contribution < 1.29 is 14.3 Å². The van der Waals surface area contributed by atoms with Crippen molar-refractivity contribution in [3.63, 3.8) is 0 Å². The monoisotopic (exact) mass is 284 g/mol. The number of carbonyl (C=O) groups excluding carboxylic acids is 1. The van der Waals surface area contributed by atoms with Gasteiger partial charge in [-0.2, -0.15) is 0 Å². The third kappa shape index (κ3) is 4.94. The summed E-state index contributed by atoms with van der Waals surface area (Å²) in [6.45, 7) is 10.2. The van der Waals surface area contributed by atoms with Crippen molar-refractivity contribution in [3.8, 4) is 0 Å². The number of amides is 1. The highest BCUT2D eigenvalue weighted by Crippen LogP contribution is 2.19. The maximum Gasteiger partial charge on any atom is 0.410 e. The van der Waals surface area contributed by atoms with Crippen LogP contribution in [-0.4, -0.2) is 55.5 Å². The van der Waals surface area contributed by atoms with Gasteiger partial charge in [-0.25, -0.2) is 4.79 Å². The van der Waals surface area contributed by atoms with Gasteiger partial charge in [0, 0.05) is 19.6 Å². The van der Waals surface area contributed by atoms with Crippen LogP contribution in [0.15, 0.2) is 0 Å². The zero-order valence-corrected chi connectivity index (χ0v) is 13.0. The summed E-state index contributed by atoms with van der Waals surface area (Å²) < 4.78 is 11.4. The van der Waals surface area contributed by atoms with Gasteiger partial charge >= 0.3 is 6.09 Å². The number of hydrogen-bond donors (Lipinski definition) is 1. The molecular formula is C15H28N2O3. The third-order valence-electron chi connectivity index (χ3n) is 3.82. The van der Waals surface area contributed by atoms with Crippen LogP contribution in [0.4, 0.5) is 4.79 Å². The Bertz CT molecular complexity index is 314. The van der Waals surface area contributed by atoms with E-state index in [9.17, 15) is 4.79 Å². The maximum atomic E-state index is 11.9. The van der Waals surface area contributed by atoms with E-state index in [1.807, 2.05) is 20.8 Å². The molecule has 0 aromatic carbocycles. The van der Waals surface area contributed by atoms with Crippen LogP contribution in [0.5, 0.6) is 0 Å². The summed E-state index contributed by atoms with van der Waals surface area (Å²) in [5.74, 6) is 0.666. The Kier molecular flexibility index (Phi) is 5.27. The summed E-state index contributed by atoms with van der Waals surface area (Å²) in [5.41, 5.74) is -0.417. The van der Waals surface area contributed by atoms with E-state index in [0.29, 0.717) is 12.0 Å². The Balaban J connectivity index is 1.65. The third-order valence-corrected chi connectivity index (χ3v) is 3.82. The molecule has 2 heterocycles. The zero-order valence-electron chi connectivity index (χ0n) is 13.0. The van der Waals surface area contributed by atoms with Gasteiger partial charge in [-0.1, -0.05) is 0 Å². The molecule has 2 rings (SSSR count). The van der Waals surface area contributed by atoms with E-state index >= 15 is 0 Å². The number of carbonyl (C=O) groups is 1. The Morgan fingerprint density at radius 1 is 1.25 bits per heavy atom. The highest BCUT2D eigenvalue weighted by molar-refractivity contribution is 5.68. The Morgan fingerprint density at radius 3 is 2.50 bits per heavy atom. The van der Waals surface area contributed by atoms with E-state index in [4.69, 9.17) is 9.47 Å². The molecule has 0 spiro atoms. The fourth-order valence-electron chi connectivity index (χ4n) is 2.66. The lowest BCUT2D eigenvalue weighted by Crippen LogP contribution is -2.43. The molecule has 0 bridgehead atoms. The summed E-state index contributed by atoms with van der Waals surface area (Å²) in [5, 5.41) is 3.35. The second-order valence-electron chi connectivity index (χ2n) is 6.86. The van der Waals surface area contributed by atoms with E-state index in [1.54, 1.807) is 4.90 Å². The first-order chi connectivity index (χ1) is 9.44. The van der Waals surface area contributed by atoms with Gasteiger partial charge in [-0.05, 0) is 52.5 Å². The molecule has 2 fully saturated rings. The summed E-state index contributed by atoms with van der Waals surface area (Å²) in [7, 11) is 0. The molecule has 5 heteroatoms. The first-order valence-electron chi connectivity index (χ1n) is 7.74. The molecule has 0 aromatic heterocycles. The number of ether oxygens (including phenoxy) is 2. The van der Waals surface area contributed by atoms with Crippen LogP contribution in [0.25, 0.3) is 0 Å². The van der Waals surface area contributed by atoms with E-state index in [1.165, 1.54) is 6.42 Å². The Hall–Kier alpha value is -0.810. The standard InChI is InChI=1S/C15H28N2O3/c1-15(2,3)20-14(18)17-8-5-13(6-9-17)19-11-12-4-7-16-10-12/h12-13,16H,4-11H2,1-3H3/t12-/m1/s1. The molecule has 5 nitrogen and oxygen atoms in total. The molecule has 2 saturated heterocycles. The molecular weight excluding hydrogens is 256 g/mol. The molecule has 0 aliphatic carbocycles. The van der Waals surface area contributed by atoms with Gasteiger partial charge in [0.25, 0.3) is 0 Å². The predicted octanol–water partition coefficient (Wildman–Crippen LogP) is 2.01. The molecule has 20 heavy (non-hydrogen) atoms. The number of nitrogens with zero attached hydrogens (tertiary/aromatic N) is 1. The van der Waals surface area contributed by atoms with Crippen molar-refractivity contribution in [1.82, 2.24) is 10.2 Å². The summed E-state index contributed by atoms with van der Waals surface area (Å²) >= 11 is 0. The van der Waals surface area contributed by atoms with Crippen LogP contribution in [0.3, 0.4) is 0 Å². The van der Waals surface area contributed by atoms with Gasteiger partial charge in [0.05, 0.1) is 12.7 Å². The minimum atomic E-state index is -0.417. The fourth-order valence-corrected chi connectivity index (χ4v) is 2.66. The SMILES string of the molecule is CC(C)(C)OC(=O)N1CCC(OC[C@@H]2CCNC2)CC1. The van der Waals surface area contributed by atoms with Crippen LogP contribution in [0.1, 0.15) is 40.0 Å². The number of nitrogens with one attached hydrogen (secondary N) is 1. The van der Waals surface area contributed by atoms with Gasteiger partial charge in [0.15, 0.2) is 0 Å². The van der Waals surface area contributed by atoms with Crippen LogP contribution < -0.4 is 5.32 Å². The van der Waals surface area contributed by atoms with Crippen molar-refractivity contribution in [3.05, 3.63) is 0 Å². The second kappa shape index (κ2) is 6.76. The molecule has 0 aromatic rings. The minimum Gasteiger partial charge on any atom is -0.444 e. The van der Waals surface area contributed by atoms with Crippen molar-refractivity contribution >= 4 is 6.09 Å². The molecule has 0 radical (unpaired) electrons. The molecule has 1 N–H and O–H groups in total. The van der Waals surface area contributed by atoms with Crippen LogP contribution in [0, 0.1) is 5.92 Å². The first-order valence-corrected chi connectivity index (χ1v) is 7.74. The molecule has 1 amide bonds. The lowest BCUT2D eigenvalue weighted by atomic mass is 10.1. The molecule has 0 saturated carbocycles. The smallest absolute Gasteiger partial charge is 0.410 e. The number of likely N-dealkylation sites (tertiary alicyclic amines) is 1. The Labute approximate surface area is 122 Å². The number of piperidine rings is 1. The quantitative estimate of drug-likeness (QED) is 0.861. The Morgan fingerprint density at radius 2 is 1.95 bits per heavy atom. The lowest BCUT2D eigenvalue weighted by Gasteiger charge is -2.33. The van der Waals surface area contributed by atoms with Crippen molar-refractivity contribution in [1.29, 1.82) is 0 Å². The van der Waals surface area contributed by atoms with E-state index < -0.39 is 5.60 Å². The lowest BCUT2D eigenvalue weighted by molar-refractivity contribution is -0.0192. The van der Waals surface area contributed by atoms with E-state index in [2.05, 4.69) is 5.32 Å². The molecule has 116 valence electrons. The predicted molar refractivity (Wildman–Crippen MR) is 77.8 cm³/mol. The van der Waals surface area contributed by atoms with Gasteiger partial charge in [0.1, 0.15) is 5.60 Å². The average Bonchev–Trinajstić information content (AvgIpc) is 2.88. The van der Waals surface area contributed by atoms with Crippen LogP contribution in [-0.2, 0) is 9.47 Å². The fraction of sp³-hybridized carbons (Fsp3) is 0.933. The normalized spacial score (nSPS) is 24.9. The molecule has 0 unspecified atom stereocenters. The summed E-state index contributed by atoms with van der Waals surface area (Å²) in [6, 6.07) is 0. The molecule has 1 atom stereocenters. The highest BCUT2D eigenvalue weighted by atomic mass is 16.6. The number of hydrogen-bond acceptors (Lipinski definition) is 4. The van der Waals surface area contributed by atoms with Crippen molar-refractivity contribution in [2.24, 2.45) is 5.92 Å². The first kappa shape index (κ1) is 15.6. The van der Waals surface area contributed by atoms with Crippen LogP contribution >= 0.6 is 0 Å². The zero-order chi connectivity index (χ0) is 14.6. The molecule has 2 aliphatic rings. The maximum absolute atomic E-state index is 11.9. The van der Waals surface area contributed by atoms with E-state index in [0.717, 1.165) is 45.6 Å². The van der Waals surface area contributed by atoms with Gasteiger partial charge in [0.2, 0.25) is 0 Å². The van der Waals surface area contributed by atoms with Crippen LogP contribution in [0.2, 0.25) is 0 Å². The van der Waals surface area contributed by atoms with Crippen molar-refractivity contribution in [2.45, 2.75) is 51.7 Å². The second-order valence-corrected chi connectivity index (χ2v) is 6.86. The molecule has 2 aliphatic heterocycles.